The predicted molar refractivity (Wildman–Crippen MR) is 85.5 cm³/mol. The van der Waals surface area contributed by atoms with Gasteiger partial charge in [-0.15, -0.1) is 0 Å². The van der Waals surface area contributed by atoms with Crippen molar-refractivity contribution < 1.29 is 4.74 Å². The van der Waals surface area contributed by atoms with Crippen molar-refractivity contribution in [1.29, 1.82) is 0 Å². The molecule has 0 saturated heterocycles. The Morgan fingerprint density at radius 3 is 2.80 bits per heavy atom. The molecule has 1 aromatic carbocycles. The largest absolute Gasteiger partial charge is 0.491 e. The maximum absolute atomic E-state index is 5.84. The summed E-state index contributed by atoms with van der Waals surface area (Å²) in [4.78, 5) is 0. The summed E-state index contributed by atoms with van der Waals surface area (Å²) in [5.74, 6) is 1.66. The van der Waals surface area contributed by atoms with E-state index in [4.69, 9.17) is 4.74 Å². The SMILES string of the molecule is CCCNC1CCCCC1c1cccc(OC(C)C)c1. The molecule has 2 unspecified atom stereocenters. The van der Waals surface area contributed by atoms with Crippen LogP contribution in [0.3, 0.4) is 0 Å². The minimum absolute atomic E-state index is 0.241. The number of rotatable bonds is 6. The van der Waals surface area contributed by atoms with E-state index in [1.165, 1.54) is 37.7 Å². The molecule has 0 aromatic heterocycles. The van der Waals surface area contributed by atoms with Gasteiger partial charge in [-0.3, -0.25) is 0 Å². The molecule has 1 aromatic rings. The first-order valence-electron chi connectivity index (χ1n) is 8.20. The second-order valence-electron chi connectivity index (χ2n) is 6.19. The zero-order chi connectivity index (χ0) is 14.4. The van der Waals surface area contributed by atoms with Gasteiger partial charge in [-0.1, -0.05) is 31.9 Å². The Morgan fingerprint density at radius 2 is 2.05 bits per heavy atom. The smallest absolute Gasteiger partial charge is 0.119 e. The Kier molecular flexibility index (Phi) is 5.90. The molecule has 2 heteroatoms. The van der Waals surface area contributed by atoms with Gasteiger partial charge in [0.25, 0.3) is 0 Å². The summed E-state index contributed by atoms with van der Waals surface area (Å²) in [5, 5.41) is 3.74. The van der Waals surface area contributed by atoms with E-state index in [1.807, 2.05) is 0 Å². The van der Waals surface area contributed by atoms with Crippen LogP contribution in [0.5, 0.6) is 5.75 Å². The summed E-state index contributed by atoms with van der Waals surface area (Å²) in [6, 6.07) is 9.36. The van der Waals surface area contributed by atoms with Crippen LogP contribution in [0.15, 0.2) is 24.3 Å². The third-order valence-electron chi connectivity index (χ3n) is 4.08. The van der Waals surface area contributed by atoms with E-state index in [-0.39, 0.29) is 6.10 Å². The molecule has 0 aliphatic heterocycles. The van der Waals surface area contributed by atoms with Crippen LogP contribution in [0.2, 0.25) is 0 Å². The molecule has 0 radical (unpaired) electrons. The van der Waals surface area contributed by atoms with Crippen molar-refractivity contribution >= 4 is 0 Å². The molecule has 2 rings (SSSR count). The van der Waals surface area contributed by atoms with Crippen LogP contribution >= 0.6 is 0 Å². The molecule has 1 fully saturated rings. The van der Waals surface area contributed by atoms with Crippen molar-refractivity contribution in [1.82, 2.24) is 5.32 Å². The summed E-state index contributed by atoms with van der Waals surface area (Å²) < 4.78 is 5.84. The summed E-state index contributed by atoms with van der Waals surface area (Å²) in [6.07, 6.45) is 6.77. The fraction of sp³-hybridized carbons (Fsp3) is 0.667. The van der Waals surface area contributed by atoms with E-state index in [9.17, 15) is 0 Å². The van der Waals surface area contributed by atoms with E-state index in [1.54, 1.807) is 0 Å². The lowest BCUT2D eigenvalue weighted by Gasteiger charge is -2.33. The molecule has 0 bridgehead atoms. The van der Waals surface area contributed by atoms with Gasteiger partial charge in [-0.2, -0.15) is 0 Å². The number of hydrogen-bond donors (Lipinski definition) is 1. The molecule has 1 N–H and O–H groups in total. The number of ether oxygens (including phenoxy) is 1. The Balaban J connectivity index is 2.10. The topological polar surface area (TPSA) is 21.3 Å². The quantitative estimate of drug-likeness (QED) is 0.825. The molecular formula is C18H29NO. The summed E-state index contributed by atoms with van der Waals surface area (Å²) >= 11 is 0. The van der Waals surface area contributed by atoms with E-state index in [0.717, 1.165) is 12.3 Å². The number of nitrogens with one attached hydrogen (secondary N) is 1. The fourth-order valence-corrected chi connectivity index (χ4v) is 3.19. The van der Waals surface area contributed by atoms with Crippen LogP contribution in [0.4, 0.5) is 0 Å². The van der Waals surface area contributed by atoms with Gasteiger partial charge in [0.15, 0.2) is 0 Å². The molecule has 0 amide bonds. The Bertz CT molecular complexity index is 402. The fourth-order valence-electron chi connectivity index (χ4n) is 3.19. The van der Waals surface area contributed by atoms with Gasteiger partial charge in [0, 0.05) is 6.04 Å². The highest BCUT2D eigenvalue weighted by atomic mass is 16.5. The zero-order valence-electron chi connectivity index (χ0n) is 13.2. The van der Waals surface area contributed by atoms with Crippen molar-refractivity contribution in [2.24, 2.45) is 0 Å². The van der Waals surface area contributed by atoms with Gasteiger partial charge in [0.05, 0.1) is 6.10 Å². The minimum atomic E-state index is 0.241. The minimum Gasteiger partial charge on any atom is -0.491 e. The highest BCUT2D eigenvalue weighted by molar-refractivity contribution is 5.32. The molecule has 2 atom stereocenters. The highest BCUT2D eigenvalue weighted by Crippen LogP contribution is 2.34. The van der Waals surface area contributed by atoms with Crippen molar-refractivity contribution in [3.63, 3.8) is 0 Å². The first kappa shape index (κ1) is 15.4. The van der Waals surface area contributed by atoms with Gasteiger partial charge in [0.2, 0.25) is 0 Å². The molecular weight excluding hydrogens is 246 g/mol. The van der Waals surface area contributed by atoms with Gasteiger partial charge in [-0.05, 0) is 63.3 Å². The van der Waals surface area contributed by atoms with Crippen molar-refractivity contribution in [2.45, 2.75) is 70.9 Å². The molecule has 20 heavy (non-hydrogen) atoms. The monoisotopic (exact) mass is 275 g/mol. The van der Waals surface area contributed by atoms with E-state index < -0.39 is 0 Å². The van der Waals surface area contributed by atoms with Crippen LogP contribution in [0, 0.1) is 0 Å². The van der Waals surface area contributed by atoms with E-state index in [2.05, 4.69) is 50.4 Å². The summed E-state index contributed by atoms with van der Waals surface area (Å²) in [6.45, 7) is 7.53. The molecule has 1 aliphatic rings. The molecule has 0 heterocycles. The van der Waals surface area contributed by atoms with Crippen LogP contribution in [0.1, 0.15) is 64.4 Å². The third kappa shape index (κ3) is 4.24. The van der Waals surface area contributed by atoms with Crippen LogP contribution in [-0.4, -0.2) is 18.7 Å². The van der Waals surface area contributed by atoms with Gasteiger partial charge in [0.1, 0.15) is 5.75 Å². The lowest BCUT2D eigenvalue weighted by Crippen LogP contribution is -2.37. The first-order valence-corrected chi connectivity index (χ1v) is 8.20. The molecule has 1 aliphatic carbocycles. The van der Waals surface area contributed by atoms with E-state index >= 15 is 0 Å². The Morgan fingerprint density at radius 1 is 1.25 bits per heavy atom. The predicted octanol–water partition coefficient (Wildman–Crippen LogP) is 4.50. The van der Waals surface area contributed by atoms with Crippen LogP contribution in [-0.2, 0) is 0 Å². The third-order valence-corrected chi connectivity index (χ3v) is 4.08. The standard InChI is InChI=1S/C18H29NO/c1-4-12-19-18-11-6-5-10-17(18)15-8-7-9-16(13-15)20-14(2)3/h7-9,13-14,17-19H,4-6,10-12H2,1-3H3. The van der Waals surface area contributed by atoms with Gasteiger partial charge >= 0.3 is 0 Å². The molecule has 1 saturated carbocycles. The maximum atomic E-state index is 5.84. The second-order valence-corrected chi connectivity index (χ2v) is 6.19. The number of hydrogen-bond acceptors (Lipinski definition) is 2. The number of benzene rings is 1. The Labute approximate surface area is 123 Å². The maximum Gasteiger partial charge on any atom is 0.119 e. The lowest BCUT2D eigenvalue weighted by atomic mass is 9.80. The first-order chi connectivity index (χ1) is 9.70. The van der Waals surface area contributed by atoms with Crippen molar-refractivity contribution in [3.8, 4) is 5.75 Å². The van der Waals surface area contributed by atoms with Crippen LogP contribution in [0.25, 0.3) is 0 Å². The molecule has 112 valence electrons. The highest BCUT2D eigenvalue weighted by Gasteiger charge is 2.26. The van der Waals surface area contributed by atoms with Gasteiger partial charge in [-0.25, -0.2) is 0 Å². The lowest BCUT2D eigenvalue weighted by molar-refractivity contribution is 0.241. The molecule has 2 nitrogen and oxygen atoms in total. The average molecular weight is 275 g/mol. The summed E-state index contributed by atoms with van der Waals surface area (Å²) in [5.41, 5.74) is 1.44. The average Bonchev–Trinajstić information content (AvgIpc) is 2.45. The second kappa shape index (κ2) is 7.68. The zero-order valence-corrected chi connectivity index (χ0v) is 13.2. The van der Waals surface area contributed by atoms with Gasteiger partial charge < -0.3 is 10.1 Å². The van der Waals surface area contributed by atoms with Crippen LogP contribution < -0.4 is 10.1 Å². The normalized spacial score (nSPS) is 23.0. The van der Waals surface area contributed by atoms with E-state index in [0.29, 0.717) is 12.0 Å². The molecule has 0 spiro atoms. The van der Waals surface area contributed by atoms with Crippen molar-refractivity contribution in [3.05, 3.63) is 29.8 Å². The Hall–Kier alpha value is -1.02. The summed E-state index contributed by atoms with van der Waals surface area (Å²) in [7, 11) is 0. The van der Waals surface area contributed by atoms with Crippen molar-refractivity contribution in [2.75, 3.05) is 6.54 Å².